The third-order valence-electron chi connectivity index (χ3n) is 2.78. The Morgan fingerprint density at radius 3 is 2.89 bits per heavy atom. The van der Waals surface area contributed by atoms with Crippen LogP contribution in [0.5, 0.6) is 0 Å². The van der Waals surface area contributed by atoms with Crippen LogP contribution in [0.4, 0.5) is 5.69 Å². The van der Waals surface area contributed by atoms with Gasteiger partial charge in [-0.3, -0.25) is 10.7 Å². The number of carboxylic acids is 1. The number of carbonyl (C=O) groups is 1. The Morgan fingerprint density at radius 1 is 1.50 bits per heavy atom. The zero-order valence-electron chi connectivity index (χ0n) is 9.88. The van der Waals surface area contributed by atoms with E-state index in [-0.39, 0.29) is 5.56 Å². The summed E-state index contributed by atoms with van der Waals surface area (Å²) in [5.74, 6) is -0.994. The maximum atomic E-state index is 11.2. The summed E-state index contributed by atoms with van der Waals surface area (Å²) in [6.07, 6.45) is 1.58. The molecule has 0 aliphatic heterocycles. The molecular formula is C12H14N2O4. The zero-order chi connectivity index (χ0) is 13.1. The molecule has 0 amide bonds. The van der Waals surface area contributed by atoms with Crippen molar-refractivity contribution in [3.8, 4) is 0 Å². The summed E-state index contributed by atoms with van der Waals surface area (Å²) in [6, 6.07) is 5.04. The van der Waals surface area contributed by atoms with Crippen LogP contribution in [0.2, 0.25) is 0 Å². The van der Waals surface area contributed by atoms with Crippen molar-refractivity contribution < 1.29 is 19.8 Å². The van der Waals surface area contributed by atoms with E-state index >= 15 is 0 Å². The molecule has 2 aromatic rings. The lowest BCUT2D eigenvalue weighted by atomic mass is 10.1. The molecule has 0 fully saturated rings. The molecule has 0 radical (unpaired) electrons. The number of aromatic nitrogens is 1. The zero-order valence-corrected chi connectivity index (χ0v) is 9.88. The highest BCUT2D eigenvalue weighted by atomic mass is 16.5. The molecule has 0 saturated carbocycles. The van der Waals surface area contributed by atoms with E-state index in [1.165, 1.54) is 0 Å². The van der Waals surface area contributed by atoms with Gasteiger partial charge in [0.05, 0.1) is 17.9 Å². The molecule has 96 valence electrons. The minimum absolute atomic E-state index is 0.207. The normalized spacial score (nSPS) is 10.8. The summed E-state index contributed by atoms with van der Waals surface area (Å²) in [6.45, 7) is 1.08. The number of nitrogens with zero attached hydrogens (tertiary/aromatic N) is 1. The van der Waals surface area contributed by atoms with Gasteiger partial charge in [0.2, 0.25) is 0 Å². The molecule has 0 spiro atoms. The first-order valence-corrected chi connectivity index (χ1v) is 5.42. The van der Waals surface area contributed by atoms with Crippen LogP contribution in [0.25, 0.3) is 10.9 Å². The monoisotopic (exact) mass is 250 g/mol. The second-order valence-electron chi connectivity index (χ2n) is 3.88. The van der Waals surface area contributed by atoms with Crippen molar-refractivity contribution in [2.45, 2.75) is 6.54 Å². The quantitative estimate of drug-likeness (QED) is 0.704. The maximum Gasteiger partial charge on any atom is 0.337 e. The Morgan fingerprint density at radius 2 is 2.28 bits per heavy atom. The van der Waals surface area contributed by atoms with Crippen molar-refractivity contribution in [3.05, 3.63) is 30.0 Å². The molecule has 3 N–H and O–H groups in total. The van der Waals surface area contributed by atoms with Gasteiger partial charge in [0.15, 0.2) is 0 Å². The summed E-state index contributed by atoms with van der Waals surface area (Å²) in [7, 11) is 1.59. The van der Waals surface area contributed by atoms with Crippen molar-refractivity contribution in [1.29, 1.82) is 0 Å². The van der Waals surface area contributed by atoms with Gasteiger partial charge in [-0.25, -0.2) is 4.79 Å². The van der Waals surface area contributed by atoms with Crippen molar-refractivity contribution in [2.24, 2.45) is 0 Å². The number of methoxy groups -OCH3 is 1. The largest absolute Gasteiger partial charge is 0.478 e. The van der Waals surface area contributed by atoms with Gasteiger partial charge >= 0.3 is 5.97 Å². The van der Waals surface area contributed by atoms with E-state index in [0.29, 0.717) is 24.2 Å². The molecule has 2 rings (SSSR count). The summed E-state index contributed by atoms with van der Waals surface area (Å²) in [5.41, 5.74) is 3.47. The summed E-state index contributed by atoms with van der Waals surface area (Å²) < 4.78 is 6.81. The smallest absolute Gasteiger partial charge is 0.337 e. The molecule has 0 saturated heterocycles. The van der Waals surface area contributed by atoms with Crippen LogP contribution < -0.4 is 5.48 Å². The molecule has 1 aromatic carbocycles. The molecule has 6 nitrogen and oxygen atoms in total. The summed E-state index contributed by atoms with van der Waals surface area (Å²) in [5, 5.41) is 18.6. The fraction of sp³-hybridized carbons (Fsp3) is 0.250. The molecule has 6 heteroatoms. The molecule has 1 aromatic heterocycles. The highest BCUT2D eigenvalue weighted by Crippen LogP contribution is 2.25. The van der Waals surface area contributed by atoms with E-state index < -0.39 is 5.97 Å². The standard InChI is InChI=1S/C12H14N2O4/c1-18-5-4-14-7-10(12(15)16)9-6-8(13-17)2-3-11(9)14/h2-3,6-7,13,17H,4-5H2,1H3,(H,15,16). The SMILES string of the molecule is COCCn1cc(C(=O)O)c2cc(NO)ccc21. The average Bonchev–Trinajstić information content (AvgIpc) is 2.74. The lowest BCUT2D eigenvalue weighted by Gasteiger charge is -2.04. The molecule has 0 bridgehead atoms. The number of anilines is 1. The topological polar surface area (TPSA) is 83.7 Å². The highest BCUT2D eigenvalue weighted by molar-refractivity contribution is 6.04. The van der Waals surface area contributed by atoms with Crippen molar-refractivity contribution in [3.63, 3.8) is 0 Å². The number of ether oxygens (including phenoxy) is 1. The fourth-order valence-corrected chi connectivity index (χ4v) is 1.91. The van der Waals surface area contributed by atoms with Crippen molar-refractivity contribution in [2.75, 3.05) is 19.2 Å². The first-order chi connectivity index (χ1) is 8.67. The Kier molecular flexibility index (Phi) is 3.50. The van der Waals surface area contributed by atoms with Gasteiger partial charge in [-0.05, 0) is 18.2 Å². The minimum Gasteiger partial charge on any atom is -0.478 e. The lowest BCUT2D eigenvalue weighted by Crippen LogP contribution is -2.02. The third-order valence-corrected chi connectivity index (χ3v) is 2.78. The number of aromatic carboxylic acids is 1. The van der Waals surface area contributed by atoms with Gasteiger partial charge in [-0.15, -0.1) is 0 Å². The second kappa shape index (κ2) is 5.07. The van der Waals surface area contributed by atoms with Crippen LogP contribution in [-0.4, -0.2) is 34.6 Å². The molecule has 0 aliphatic carbocycles. The van der Waals surface area contributed by atoms with Gasteiger partial charge < -0.3 is 14.4 Å². The highest BCUT2D eigenvalue weighted by Gasteiger charge is 2.14. The number of hydrogen-bond donors (Lipinski definition) is 3. The van der Waals surface area contributed by atoms with E-state index in [1.54, 1.807) is 31.5 Å². The predicted molar refractivity (Wildman–Crippen MR) is 66.2 cm³/mol. The molecule has 0 aliphatic rings. The molecule has 0 unspecified atom stereocenters. The van der Waals surface area contributed by atoms with Crippen LogP contribution in [-0.2, 0) is 11.3 Å². The molecular weight excluding hydrogens is 236 g/mol. The van der Waals surface area contributed by atoms with E-state index in [0.717, 1.165) is 5.52 Å². The first kappa shape index (κ1) is 12.4. The molecule has 1 heterocycles. The van der Waals surface area contributed by atoms with Gasteiger partial charge in [0.1, 0.15) is 0 Å². The van der Waals surface area contributed by atoms with Crippen molar-refractivity contribution >= 4 is 22.6 Å². The number of nitrogens with one attached hydrogen (secondary N) is 1. The first-order valence-electron chi connectivity index (χ1n) is 5.42. The van der Waals surface area contributed by atoms with E-state index in [1.807, 2.05) is 10.0 Å². The van der Waals surface area contributed by atoms with Crippen LogP contribution in [0.1, 0.15) is 10.4 Å². The van der Waals surface area contributed by atoms with Crippen LogP contribution in [0.15, 0.2) is 24.4 Å². The van der Waals surface area contributed by atoms with Gasteiger partial charge in [-0.2, -0.15) is 0 Å². The number of benzene rings is 1. The number of fused-ring (bicyclic) bond motifs is 1. The summed E-state index contributed by atoms with van der Waals surface area (Å²) >= 11 is 0. The Labute approximate surface area is 103 Å². The third kappa shape index (κ3) is 2.15. The van der Waals surface area contributed by atoms with Crippen molar-refractivity contribution in [1.82, 2.24) is 4.57 Å². The number of carboxylic acid groups (broad SMARTS) is 1. The minimum atomic E-state index is -0.994. The van der Waals surface area contributed by atoms with Crippen LogP contribution in [0.3, 0.4) is 0 Å². The maximum absolute atomic E-state index is 11.2. The molecule has 18 heavy (non-hydrogen) atoms. The van der Waals surface area contributed by atoms with Gasteiger partial charge in [0.25, 0.3) is 0 Å². The Balaban J connectivity index is 2.56. The van der Waals surface area contributed by atoms with Crippen LogP contribution in [0, 0.1) is 0 Å². The number of hydrogen-bond acceptors (Lipinski definition) is 4. The fourth-order valence-electron chi connectivity index (χ4n) is 1.91. The Hall–Kier alpha value is -2.05. The predicted octanol–water partition coefficient (Wildman–Crippen LogP) is 1.79. The van der Waals surface area contributed by atoms with E-state index in [4.69, 9.17) is 15.1 Å². The van der Waals surface area contributed by atoms with Gasteiger partial charge in [0, 0.05) is 30.8 Å². The van der Waals surface area contributed by atoms with E-state index in [9.17, 15) is 4.79 Å². The van der Waals surface area contributed by atoms with Gasteiger partial charge in [-0.1, -0.05) is 0 Å². The Bertz CT molecular complexity index is 577. The van der Waals surface area contributed by atoms with E-state index in [2.05, 4.69) is 0 Å². The molecule has 0 atom stereocenters. The summed E-state index contributed by atoms with van der Waals surface area (Å²) in [4.78, 5) is 11.2. The lowest BCUT2D eigenvalue weighted by molar-refractivity contribution is 0.0698. The second-order valence-corrected chi connectivity index (χ2v) is 3.88. The number of rotatable bonds is 5. The van der Waals surface area contributed by atoms with Crippen LogP contribution >= 0.6 is 0 Å². The average molecular weight is 250 g/mol.